The van der Waals surface area contributed by atoms with E-state index in [1.165, 1.54) is 12.2 Å². The van der Waals surface area contributed by atoms with Crippen molar-refractivity contribution >= 4 is 63.5 Å². The van der Waals surface area contributed by atoms with Gasteiger partial charge in [0.2, 0.25) is 5.91 Å². The van der Waals surface area contributed by atoms with Gasteiger partial charge >= 0.3 is 0 Å². The van der Waals surface area contributed by atoms with Crippen molar-refractivity contribution in [1.82, 2.24) is 15.5 Å². The molecule has 140 valence electrons. The molecule has 0 radical (unpaired) electrons. The van der Waals surface area contributed by atoms with E-state index in [0.717, 1.165) is 22.2 Å². The van der Waals surface area contributed by atoms with Crippen LogP contribution in [0.5, 0.6) is 0 Å². The maximum Gasteiger partial charge on any atom is 0.241 e. The average molecular weight is 541 g/mol. The number of thioether (sulfide) groups is 1. The molecule has 0 bridgehead atoms. The molecule has 0 aromatic heterocycles. The van der Waals surface area contributed by atoms with Crippen molar-refractivity contribution in [3.8, 4) is 0 Å². The maximum atomic E-state index is 11.8. The van der Waals surface area contributed by atoms with Crippen LogP contribution in [0.2, 0.25) is 0 Å². The quantitative estimate of drug-likeness (QED) is 0.342. The number of nitrogens with zero attached hydrogens (tertiary/aromatic N) is 2. The van der Waals surface area contributed by atoms with Crippen LogP contribution in [0.4, 0.5) is 0 Å². The second-order valence-corrected chi connectivity index (χ2v) is 8.06. The lowest BCUT2D eigenvalue weighted by atomic mass is 10.2. The minimum absolute atomic E-state index is 0. The van der Waals surface area contributed by atoms with Crippen molar-refractivity contribution in [3.63, 3.8) is 0 Å². The smallest absolute Gasteiger partial charge is 0.241 e. The molecule has 2 rings (SSSR count). The molecule has 1 aliphatic heterocycles. The van der Waals surface area contributed by atoms with Crippen molar-refractivity contribution in [1.29, 1.82) is 0 Å². The Labute approximate surface area is 179 Å². The first-order valence-corrected chi connectivity index (χ1v) is 10.1. The number of carbonyl (C=O) groups excluding carboxylic acids is 1. The van der Waals surface area contributed by atoms with Crippen LogP contribution >= 0.6 is 51.7 Å². The summed E-state index contributed by atoms with van der Waals surface area (Å²) in [4.78, 5) is 18.0. The third-order valence-electron chi connectivity index (χ3n) is 3.74. The predicted molar refractivity (Wildman–Crippen MR) is 121 cm³/mol. The lowest BCUT2D eigenvalue weighted by Crippen LogP contribution is -2.48. The molecule has 5 nitrogen and oxygen atoms in total. The van der Waals surface area contributed by atoms with E-state index in [0.29, 0.717) is 18.5 Å². The fraction of sp³-hybridized carbons (Fsp3) is 0.529. The first-order chi connectivity index (χ1) is 11.5. The van der Waals surface area contributed by atoms with Gasteiger partial charge in [0.1, 0.15) is 0 Å². The number of carbonyl (C=O) groups is 1. The Morgan fingerprint density at radius 1 is 1.36 bits per heavy atom. The van der Waals surface area contributed by atoms with E-state index >= 15 is 0 Å². The van der Waals surface area contributed by atoms with Gasteiger partial charge in [0.25, 0.3) is 0 Å². The Morgan fingerprint density at radius 3 is 2.68 bits per heavy atom. The zero-order valence-electron chi connectivity index (χ0n) is 14.6. The number of rotatable bonds is 5. The van der Waals surface area contributed by atoms with Crippen molar-refractivity contribution in [2.45, 2.75) is 25.4 Å². The molecule has 1 unspecified atom stereocenters. The summed E-state index contributed by atoms with van der Waals surface area (Å²) in [5, 5.41) is 6.63. The van der Waals surface area contributed by atoms with Gasteiger partial charge in [-0.25, -0.2) is 4.99 Å². The van der Waals surface area contributed by atoms with E-state index in [1.54, 1.807) is 19.0 Å². The van der Waals surface area contributed by atoms with Crippen molar-refractivity contribution in [3.05, 3.63) is 34.3 Å². The van der Waals surface area contributed by atoms with Gasteiger partial charge in [-0.2, -0.15) is 11.8 Å². The summed E-state index contributed by atoms with van der Waals surface area (Å²) in [7, 11) is 3.52. The summed E-state index contributed by atoms with van der Waals surface area (Å²) in [5.41, 5.74) is 1.14. The van der Waals surface area contributed by atoms with Crippen LogP contribution in [0.3, 0.4) is 0 Å². The number of halogens is 2. The lowest BCUT2D eigenvalue weighted by molar-refractivity contribution is -0.127. The molecule has 1 heterocycles. The Kier molecular flexibility index (Phi) is 10.8. The van der Waals surface area contributed by atoms with Gasteiger partial charge in [-0.15, -0.1) is 24.0 Å². The second-order valence-electron chi connectivity index (χ2n) is 5.99. The summed E-state index contributed by atoms with van der Waals surface area (Å²) in [6.45, 7) is 0.831. The van der Waals surface area contributed by atoms with Crippen LogP contribution in [0.25, 0.3) is 0 Å². The van der Waals surface area contributed by atoms with Crippen molar-refractivity contribution in [2.24, 2.45) is 4.99 Å². The Morgan fingerprint density at radius 2 is 2.08 bits per heavy atom. The number of likely N-dealkylation sites (N-methyl/N-ethyl adjacent to an activating group) is 1. The van der Waals surface area contributed by atoms with E-state index in [1.807, 2.05) is 36.0 Å². The minimum atomic E-state index is 0. The molecule has 1 aromatic rings. The lowest BCUT2D eigenvalue weighted by Gasteiger charge is -2.25. The van der Waals surface area contributed by atoms with Crippen LogP contribution < -0.4 is 10.6 Å². The summed E-state index contributed by atoms with van der Waals surface area (Å²) in [6, 6.07) is 8.53. The van der Waals surface area contributed by atoms with Crippen LogP contribution in [-0.4, -0.2) is 55.0 Å². The number of guanidine groups is 1. The third kappa shape index (κ3) is 8.63. The normalized spacial score (nSPS) is 17.4. The number of nitrogens with one attached hydrogen (secondary N) is 2. The summed E-state index contributed by atoms with van der Waals surface area (Å²) >= 11 is 5.41. The SMILES string of the molecule is CN(C)C(=O)CNC(=NCc1ccc(Br)cc1)NC1CCCSC1.I. The monoisotopic (exact) mass is 540 g/mol. The largest absolute Gasteiger partial charge is 0.353 e. The van der Waals surface area contributed by atoms with Crippen molar-refractivity contribution < 1.29 is 4.79 Å². The van der Waals surface area contributed by atoms with Crippen LogP contribution in [-0.2, 0) is 11.3 Å². The highest BCUT2D eigenvalue weighted by Crippen LogP contribution is 2.17. The van der Waals surface area contributed by atoms with E-state index in [2.05, 4.69) is 31.6 Å². The fourth-order valence-electron chi connectivity index (χ4n) is 2.28. The highest BCUT2D eigenvalue weighted by atomic mass is 127. The standard InChI is InChI=1S/C17H25BrN4OS.HI/c1-22(2)16(23)11-20-17(21-15-4-3-9-24-12-15)19-10-13-5-7-14(18)8-6-13;/h5-8,15H,3-4,9-12H2,1-2H3,(H2,19,20,21);1H. The molecule has 25 heavy (non-hydrogen) atoms. The fourth-order valence-corrected chi connectivity index (χ4v) is 3.61. The second kappa shape index (κ2) is 12.0. The Hall–Kier alpha value is -0.480. The minimum Gasteiger partial charge on any atom is -0.353 e. The van der Waals surface area contributed by atoms with Gasteiger partial charge < -0.3 is 15.5 Å². The zero-order valence-corrected chi connectivity index (χ0v) is 19.4. The summed E-state index contributed by atoms with van der Waals surface area (Å²) in [6.07, 6.45) is 2.37. The number of hydrogen-bond acceptors (Lipinski definition) is 3. The van der Waals surface area contributed by atoms with E-state index in [9.17, 15) is 4.79 Å². The van der Waals surface area contributed by atoms with Gasteiger partial charge in [-0.05, 0) is 36.3 Å². The Bertz CT molecular complexity index is 562. The molecule has 1 aromatic carbocycles. The predicted octanol–water partition coefficient (Wildman–Crippen LogP) is 3.09. The number of amides is 1. The van der Waals surface area contributed by atoms with E-state index in [-0.39, 0.29) is 36.4 Å². The number of hydrogen-bond donors (Lipinski definition) is 2. The highest BCUT2D eigenvalue weighted by Gasteiger charge is 2.15. The molecule has 0 spiro atoms. The summed E-state index contributed by atoms with van der Waals surface area (Å²) < 4.78 is 1.06. The number of benzene rings is 1. The molecule has 1 saturated heterocycles. The molecule has 1 fully saturated rings. The molecular formula is C17H26BrIN4OS. The molecule has 2 N–H and O–H groups in total. The van der Waals surface area contributed by atoms with Crippen molar-refractivity contribution in [2.75, 3.05) is 32.1 Å². The molecule has 8 heteroatoms. The topological polar surface area (TPSA) is 56.7 Å². The number of aliphatic imine (C=N–C) groups is 1. The first-order valence-electron chi connectivity index (χ1n) is 8.12. The average Bonchev–Trinajstić information content (AvgIpc) is 2.59. The highest BCUT2D eigenvalue weighted by molar-refractivity contribution is 14.0. The molecule has 0 aliphatic carbocycles. The zero-order chi connectivity index (χ0) is 17.4. The van der Waals surface area contributed by atoms with Gasteiger partial charge in [-0.3, -0.25) is 4.79 Å². The van der Waals surface area contributed by atoms with Crippen LogP contribution in [0.15, 0.2) is 33.7 Å². The Balaban J connectivity index is 0.00000312. The van der Waals surface area contributed by atoms with E-state index < -0.39 is 0 Å². The van der Waals surface area contributed by atoms with Crippen LogP contribution in [0, 0.1) is 0 Å². The first kappa shape index (κ1) is 22.6. The molecule has 1 aliphatic rings. The van der Waals surface area contributed by atoms with Gasteiger partial charge in [0.15, 0.2) is 5.96 Å². The molecule has 1 amide bonds. The maximum absolute atomic E-state index is 11.8. The molecule has 1 atom stereocenters. The van der Waals surface area contributed by atoms with Gasteiger partial charge in [-0.1, -0.05) is 28.1 Å². The summed E-state index contributed by atoms with van der Waals surface area (Å²) in [5.74, 6) is 3.06. The third-order valence-corrected chi connectivity index (χ3v) is 5.48. The van der Waals surface area contributed by atoms with Gasteiger partial charge in [0.05, 0.1) is 13.1 Å². The molecule has 0 saturated carbocycles. The van der Waals surface area contributed by atoms with E-state index in [4.69, 9.17) is 0 Å². The van der Waals surface area contributed by atoms with Crippen LogP contribution in [0.1, 0.15) is 18.4 Å². The molecular weight excluding hydrogens is 515 g/mol. The van der Waals surface area contributed by atoms with Gasteiger partial charge in [0, 0.05) is 30.4 Å².